The summed E-state index contributed by atoms with van der Waals surface area (Å²) in [6, 6.07) is 34.4. The van der Waals surface area contributed by atoms with E-state index in [0.29, 0.717) is 45.8 Å². The van der Waals surface area contributed by atoms with Crippen molar-refractivity contribution in [1.82, 2.24) is 0 Å². The fourth-order valence-corrected chi connectivity index (χ4v) is 16.7. The third-order valence-electron chi connectivity index (χ3n) is 20.6. The highest BCUT2D eigenvalue weighted by molar-refractivity contribution is 6.33. The van der Waals surface area contributed by atoms with Gasteiger partial charge in [0.1, 0.15) is 24.3 Å². The normalized spacial score (nSPS) is 23.7. The van der Waals surface area contributed by atoms with E-state index in [1.54, 1.807) is 36.4 Å². The van der Waals surface area contributed by atoms with Crippen LogP contribution >= 0.6 is 23.2 Å². The molecule has 12 heteroatoms. The predicted molar refractivity (Wildman–Crippen MR) is 336 cm³/mol. The van der Waals surface area contributed by atoms with Gasteiger partial charge in [-0.15, -0.1) is 0 Å². The van der Waals surface area contributed by atoms with Crippen LogP contribution in [0.5, 0.6) is 11.5 Å². The highest BCUT2D eigenvalue weighted by atomic mass is 35.5. The summed E-state index contributed by atoms with van der Waals surface area (Å²) in [5.41, 5.74) is 6.81. The standard InChI is InChI=1S/C73H80Cl2O10/c1-43(2)10-6-11-44(3)61-28-29-62-58-27-26-56-34-45(30-32-72(56,4)63(58)31-33-73(61,62)5)12-7-17-57(54-37-59(70(80)81)66(64(74)39-54)84-41-46-18-22-48(23-19-46)50-13-8-15-52(35-50)68(76)77)55-38-60(71(82)83)67(65(75)40-55)85-42-47-20-24-49(25-21-47)51-14-9-16-53(36-51)69(78)79/h8-9,13-25,35-40,43-45,56,58,61-63H,6-7,10-12,26-34,41-42H2,1-5H3,(H,76,77)(H,78,79)(H,80,81)(H,82,83)/t44?,45-,56?,58-,61+,62-,63-,72-,73+/m0/s1. The summed E-state index contributed by atoms with van der Waals surface area (Å²) in [5, 5.41) is 40.7. The molecule has 0 amide bonds. The molecule has 85 heavy (non-hydrogen) atoms. The SMILES string of the molecule is CC(C)CCCC(C)[C@H]1CC[C@H]2[C@@H]3CCC4C[C@@H](CCC=C(c5cc(Cl)c(OCc6ccc(-c7cccc(C(=O)O)c7)cc6)c(C(=O)O)c5)c5cc(Cl)c(OCc6ccc(-c7cccc(C(=O)O)c7)cc6)c(C(=O)O)c5)CC[C@]4(C)[C@H]3CC[C@]12C. The Morgan fingerprint density at radius 1 is 0.565 bits per heavy atom. The van der Waals surface area contributed by atoms with Gasteiger partial charge in [-0.2, -0.15) is 0 Å². The fourth-order valence-electron chi connectivity index (χ4n) is 16.2. The van der Waals surface area contributed by atoms with E-state index in [1.807, 2.05) is 60.7 Å². The number of halogens is 2. The summed E-state index contributed by atoms with van der Waals surface area (Å²) < 4.78 is 12.4. The van der Waals surface area contributed by atoms with Crippen molar-refractivity contribution < 1.29 is 49.1 Å². The lowest BCUT2D eigenvalue weighted by Gasteiger charge is -2.61. The average molecular weight is 1190 g/mol. The van der Waals surface area contributed by atoms with Crippen LogP contribution < -0.4 is 9.47 Å². The number of ether oxygens (including phenoxy) is 2. The first-order valence-corrected chi connectivity index (χ1v) is 31.4. The number of hydrogen-bond donors (Lipinski definition) is 4. The summed E-state index contributed by atoms with van der Waals surface area (Å²) in [6.07, 6.45) is 19.4. The number of aromatic carboxylic acids is 4. The first-order chi connectivity index (χ1) is 40.7. The maximum absolute atomic E-state index is 13.2. The number of fused-ring (bicyclic) bond motifs is 5. The summed E-state index contributed by atoms with van der Waals surface area (Å²) >= 11 is 14.1. The molecule has 2 unspecified atom stereocenters. The Balaban J connectivity index is 0.891. The highest BCUT2D eigenvalue weighted by Crippen LogP contribution is 2.69. The molecule has 4 N–H and O–H groups in total. The van der Waals surface area contributed by atoms with E-state index in [4.69, 9.17) is 32.7 Å². The number of carboxylic acid groups (broad SMARTS) is 4. The molecule has 0 bridgehead atoms. The summed E-state index contributed by atoms with van der Waals surface area (Å²) in [6.45, 7) is 12.6. The molecule has 10 rings (SSSR count). The Labute approximate surface area is 510 Å². The maximum Gasteiger partial charge on any atom is 0.339 e. The number of carbonyl (C=O) groups is 4. The molecule has 4 saturated carbocycles. The lowest BCUT2D eigenvalue weighted by Crippen LogP contribution is -2.53. The van der Waals surface area contributed by atoms with Crippen LogP contribution in [0.3, 0.4) is 0 Å². The predicted octanol–water partition coefficient (Wildman–Crippen LogP) is 19.2. The van der Waals surface area contributed by atoms with Gasteiger partial charge < -0.3 is 29.9 Å². The van der Waals surface area contributed by atoms with Crippen LogP contribution in [-0.4, -0.2) is 44.3 Å². The fraction of sp³-hybridized carbons (Fsp3) is 0.425. The quantitative estimate of drug-likeness (QED) is 0.0514. The average Bonchev–Trinajstić information content (AvgIpc) is 3.83. The van der Waals surface area contributed by atoms with Crippen LogP contribution in [0.25, 0.3) is 27.8 Å². The molecule has 0 spiro atoms. The lowest BCUT2D eigenvalue weighted by molar-refractivity contribution is -0.121. The van der Waals surface area contributed by atoms with Gasteiger partial charge in [0.2, 0.25) is 0 Å². The molecule has 6 aromatic carbocycles. The van der Waals surface area contributed by atoms with Gasteiger partial charge >= 0.3 is 23.9 Å². The Kier molecular flexibility index (Phi) is 18.7. The van der Waals surface area contributed by atoms with Crippen molar-refractivity contribution in [1.29, 1.82) is 0 Å². The molecule has 0 saturated heterocycles. The second-order valence-electron chi connectivity index (χ2n) is 26.0. The van der Waals surface area contributed by atoms with Crippen LogP contribution in [0.15, 0.2) is 127 Å². The van der Waals surface area contributed by atoms with E-state index in [-0.39, 0.29) is 57.0 Å². The monoisotopic (exact) mass is 1190 g/mol. The lowest BCUT2D eigenvalue weighted by atomic mass is 9.44. The summed E-state index contributed by atoms with van der Waals surface area (Å²) in [4.78, 5) is 49.7. The van der Waals surface area contributed by atoms with Crippen molar-refractivity contribution in [2.24, 2.45) is 58.2 Å². The smallest absolute Gasteiger partial charge is 0.339 e. The minimum atomic E-state index is -1.26. The first-order valence-electron chi connectivity index (χ1n) is 30.7. The first kappa shape index (κ1) is 61.2. The van der Waals surface area contributed by atoms with Gasteiger partial charge in [-0.3, -0.25) is 0 Å². The van der Waals surface area contributed by atoms with Crippen LogP contribution in [0.4, 0.5) is 0 Å². The van der Waals surface area contributed by atoms with Crippen LogP contribution in [-0.2, 0) is 13.2 Å². The molecule has 4 aliphatic carbocycles. The van der Waals surface area contributed by atoms with Gasteiger partial charge in [0.15, 0.2) is 11.5 Å². The Bertz CT molecular complexity index is 3300. The summed E-state index contributed by atoms with van der Waals surface area (Å²) in [5.74, 6) is 1.40. The van der Waals surface area contributed by atoms with Crippen molar-refractivity contribution in [3.63, 3.8) is 0 Å². The van der Waals surface area contributed by atoms with Gasteiger partial charge in [0.25, 0.3) is 0 Å². The van der Waals surface area contributed by atoms with Gasteiger partial charge in [-0.25, -0.2) is 19.2 Å². The molecular formula is C73H80Cl2O10. The topological polar surface area (TPSA) is 168 Å². The van der Waals surface area contributed by atoms with Gasteiger partial charge in [0.05, 0.1) is 21.2 Å². The molecule has 446 valence electrons. The van der Waals surface area contributed by atoms with Crippen molar-refractivity contribution in [2.45, 2.75) is 138 Å². The molecular weight excluding hydrogens is 1110 g/mol. The molecule has 0 heterocycles. The van der Waals surface area contributed by atoms with Crippen molar-refractivity contribution in [2.75, 3.05) is 0 Å². The zero-order valence-corrected chi connectivity index (χ0v) is 51.1. The number of allylic oxidation sites excluding steroid dienone is 1. The number of rotatable bonds is 22. The van der Waals surface area contributed by atoms with Gasteiger partial charge in [-0.1, -0.05) is 156 Å². The number of hydrogen-bond acceptors (Lipinski definition) is 6. The molecule has 10 nitrogen and oxygen atoms in total. The Hall–Kier alpha value is -6.88. The van der Waals surface area contributed by atoms with E-state index in [1.165, 1.54) is 94.9 Å². The minimum absolute atomic E-state index is 0.0114. The third-order valence-corrected chi connectivity index (χ3v) is 21.2. The summed E-state index contributed by atoms with van der Waals surface area (Å²) in [7, 11) is 0. The largest absolute Gasteiger partial charge is 0.486 e. The Morgan fingerprint density at radius 2 is 1.08 bits per heavy atom. The van der Waals surface area contributed by atoms with E-state index in [0.717, 1.165) is 81.7 Å². The molecule has 0 aromatic heterocycles. The zero-order valence-electron chi connectivity index (χ0n) is 49.6. The van der Waals surface area contributed by atoms with Crippen LogP contribution in [0.2, 0.25) is 10.0 Å². The molecule has 6 aromatic rings. The zero-order chi connectivity index (χ0) is 60.3. The maximum atomic E-state index is 13.2. The van der Waals surface area contributed by atoms with E-state index >= 15 is 0 Å². The third kappa shape index (κ3) is 13.3. The Morgan fingerprint density at radius 3 is 1.59 bits per heavy atom. The molecule has 4 fully saturated rings. The second kappa shape index (κ2) is 26.0. The van der Waals surface area contributed by atoms with Crippen molar-refractivity contribution in [3.8, 4) is 33.8 Å². The van der Waals surface area contributed by atoms with Crippen molar-refractivity contribution >= 4 is 52.7 Å². The highest BCUT2D eigenvalue weighted by Gasteiger charge is 2.60. The van der Waals surface area contributed by atoms with Crippen molar-refractivity contribution in [3.05, 3.63) is 182 Å². The second-order valence-corrected chi connectivity index (χ2v) is 26.9. The van der Waals surface area contributed by atoms with E-state index in [2.05, 4.69) is 40.7 Å². The van der Waals surface area contributed by atoms with E-state index < -0.39 is 23.9 Å². The van der Waals surface area contributed by atoms with Gasteiger partial charge in [0, 0.05) is 0 Å². The van der Waals surface area contributed by atoms with E-state index in [9.17, 15) is 39.6 Å². The number of carboxylic acids is 4. The molecule has 0 radical (unpaired) electrons. The van der Waals surface area contributed by atoms with Crippen LogP contribution in [0, 0.1) is 58.2 Å². The molecule has 4 aliphatic rings. The number of benzene rings is 6. The molecule has 0 aliphatic heterocycles. The van der Waals surface area contributed by atoms with Crippen LogP contribution in [0.1, 0.15) is 188 Å². The molecule has 9 atom stereocenters. The minimum Gasteiger partial charge on any atom is -0.486 e. The van der Waals surface area contributed by atoms with Gasteiger partial charge in [-0.05, 0) is 227 Å².